The summed E-state index contributed by atoms with van der Waals surface area (Å²) in [6.45, 7) is 13.7. The lowest BCUT2D eigenvalue weighted by atomic mass is 9.99. The maximum atomic E-state index is 12.0. The summed E-state index contributed by atoms with van der Waals surface area (Å²) in [5.74, 6) is -0.531. The van der Waals surface area contributed by atoms with Gasteiger partial charge in [0.1, 0.15) is 11.5 Å². The van der Waals surface area contributed by atoms with E-state index in [1.807, 2.05) is 0 Å². The SMILES string of the molecule is C=CC(=O)c1ccc(OCC(=O)OCCCOC(=O)COc2ccc(C(=O)C=C)c(C)c2C)c(C)c1C. The predicted molar refractivity (Wildman–Crippen MR) is 138 cm³/mol. The van der Waals surface area contributed by atoms with Crippen LogP contribution in [0, 0.1) is 27.7 Å². The van der Waals surface area contributed by atoms with Gasteiger partial charge in [-0.2, -0.15) is 0 Å². The summed E-state index contributed by atoms with van der Waals surface area (Å²) in [6.07, 6.45) is 2.81. The molecule has 0 aromatic heterocycles. The van der Waals surface area contributed by atoms with Gasteiger partial charge >= 0.3 is 11.9 Å². The molecule has 0 radical (unpaired) electrons. The standard InChI is InChI=1S/C29H32O8/c1-7-24(30)22-10-12-26(20(5)18(22)3)36-16-28(32)34-14-9-15-35-29(33)17-37-27-13-11-23(25(31)8-2)19(4)21(27)6/h7-8,10-13H,1-2,9,14-17H2,3-6H3. The Morgan fingerprint density at radius 1 is 0.649 bits per heavy atom. The van der Waals surface area contributed by atoms with E-state index >= 15 is 0 Å². The van der Waals surface area contributed by atoms with Crippen molar-refractivity contribution in [2.45, 2.75) is 34.1 Å². The van der Waals surface area contributed by atoms with E-state index in [0.717, 1.165) is 22.3 Å². The first-order chi connectivity index (χ1) is 17.6. The molecule has 0 aliphatic rings. The minimum atomic E-state index is -0.567. The van der Waals surface area contributed by atoms with Crippen molar-refractivity contribution in [2.75, 3.05) is 26.4 Å². The summed E-state index contributed by atoms with van der Waals surface area (Å²) in [4.78, 5) is 47.7. The van der Waals surface area contributed by atoms with Crippen molar-refractivity contribution in [3.8, 4) is 11.5 Å². The lowest BCUT2D eigenvalue weighted by Crippen LogP contribution is -2.19. The molecule has 0 N–H and O–H groups in total. The van der Waals surface area contributed by atoms with Crippen LogP contribution in [0.1, 0.15) is 49.4 Å². The topological polar surface area (TPSA) is 105 Å². The third-order valence-corrected chi connectivity index (χ3v) is 5.88. The molecule has 196 valence electrons. The molecule has 8 nitrogen and oxygen atoms in total. The first kappa shape index (κ1) is 29.0. The summed E-state index contributed by atoms with van der Waals surface area (Å²) < 4.78 is 21.3. The number of allylic oxidation sites excluding steroid dienone is 2. The average Bonchev–Trinajstić information content (AvgIpc) is 2.89. The van der Waals surface area contributed by atoms with E-state index in [-0.39, 0.29) is 38.0 Å². The van der Waals surface area contributed by atoms with Crippen LogP contribution in [0.4, 0.5) is 0 Å². The molecule has 0 fully saturated rings. The number of benzene rings is 2. The normalized spacial score (nSPS) is 10.3. The molecule has 0 aliphatic heterocycles. The number of hydrogen-bond acceptors (Lipinski definition) is 8. The second-order valence-electron chi connectivity index (χ2n) is 8.23. The van der Waals surface area contributed by atoms with Gasteiger partial charge in [-0.1, -0.05) is 13.2 Å². The number of ketones is 2. The largest absolute Gasteiger partial charge is 0.482 e. The van der Waals surface area contributed by atoms with Crippen molar-refractivity contribution < 1.29 is 38.1 Å². The maximum Gasteiger partial charge on any atom is 0.344 e. The van der Waals surface area contributed by atoms with Crippen LogP contribution in [0.3, 0.4) is 0 Å². The van der Waals surface area contributed by atoms with E-state index in [0.29, 0.717) is 29.0 Å². The molecular formula is C29H32O8. The first-order valence-electron chi connectivity index (χ1n) is 11.7. The fourth-order valence-electron chi connectivity index (χ4n) is 3.45. The van der Waals surface area contributed by atoms with Gasteiger partial charge in [0.2, 0.25) is 0 Å². The summed E-state index contributed by atoms with van der Waals surface area (Å²) in [6, 6.07) is 6.52. The maximum absolute atomic E-state index is 12.0. The van der Waals surface area contributed by atoms with Gasteiger partial charge in [0.15, 0.2) is 24.8 Å². The van der Waals surface area contributed by atoms with Crippen LogP contribution >= 0.6 is 0 Å². The highest BCUT2D eigenvalue weighted by Crippen LogP contribution is 2.26. The zero-order valence-corrected chi connectivity index (χ0v) is 21.7. The Kier molecular flexibility index (Phi) is 10.8. The van der Waals surface area contributed by atoms with Gasteiger partial charge in [-0.3, -0.25) is 9.59 Å². The van der Waals surface area contributed by atoms with Gasteiger partial charge in [-0.15, -0.1) is 0 Å². The molecule has 2 rings (SSSR count). The Morgan fingerprint density at radius 3 is 1.38 bits per heavy atom. The summed E-state index contributed by atoms with van der Waals surface area (Å²) in [7, 11) is 0. The summed E-state index contributed by atoms with van der Waals surface area (Å²) in [5, 5.41) is 0. The van der Waals surface area contributed by atoms with E-state index in [4.69, 9.17) is 18.9 Å². The minimum absolute atomic E-state index is 0.0538. The fourth-order valence-corrected chi connectivity index (χ4v) is 3.45. The number of esters is 2. The van der Waals surface area contributed by atoms with Gasteiger partial charge < -0.3 is 18.9 Å². The van der Waals surface area contributed by atoms with Crippen LogP contribution in [0.15, 0.2) is 49.6 Å². The van der Waals surface area contributed by atoms with Crippen LogP contribution in [-0.2, 0) is 19.1 Å². The molecule has 0 unspecified atom stereocenters. The van der Waals surface area contributed by atoms with Crippen molar-refractivity contribution >= 4 is 23.5 Å². The van der Waals surface area contributed by atoms with Gasteiger partial charge in [-0.05, 0) is 86.4 Å². The monoisotopic (exact) mass is 508 g/mol. The van der Waals surface area contributed by atoms with Crippen molar-refractivity contribution in [1.29, 1.82) is 0 Å². The van der Waals surface area contributed by atoms with Crippen LogP contribution < -0.4 is 9.47 Å². The van der Waals surface area contributed by atoms with E-state index < -0.39 is 11.9 Å². The number of carbonyl (C=O) groups is 4. The lowest BCUT2D eigenvalue weighted by molar-refractivity contribution is -0.148. The predicted octanol–water partition coefficient (Wildman–Crippen LogP) is 4.59. The van der Waals surface area contributed by atoms with E-state index in [2.05, 4.69) is 13.2 Å². The molecule has 0 atom stereocenters. The van der Waals surface area contributed by atoms with E-state index in [1.165, 1.54) is 12.2 Å². The zero-order chi connectivity index (χ0) is 27.5. The molecule has 0 bridgehead atoms. The highest BCUT2D eigenvalue weighted by Gasteiger charge is 2.14. The minimum Gasteiger partial charge on any atom is -0.482 e. The third kappa shape index (κ3) is 7.90. The molecule has 0 saturated heterocycles. The Morgan fingerprint density at radius 2 is 1.03 bits per heavy atom. The van der Waals surface area contributed by atoms with Crippen LogP contribution in [0.5, 0.6) is 11.5 Å². The molecule has 0 aliphatic carbocycles. The number of rotatable bonds is 14. The summed E-state index contributed by atoms with van der Waals surface area (Å²) >= 11 is 0. The van der Waals surface area contributed by atoms with Gasteiger partial charge in [-0.25, -0.2) is 9.59 Å². The Hall–Kier alpha value is -4.20. The quantitative estimate of drug-likeness (QED) is 0.158. The number of ether oxygens (including phenoxy) is 4. The molecule has 0 heterocycles. The van der Waals surface area contributed by atoms with Crippen molar-refractivity contribution in [3.05, 3.63) is 83.0 Å². The van der Waals surface area contributed by atoms with Crippen molar-refractivity contribution in [1.82, 2.24) is 0 Å². The van der Waals surface area contributed by atoms with Crippen molar-refractivity contribution in [2.24, 2.45) is 0 Å². The molecule has 2 aromatic carbocycles. The van der Waals surface area contributed by atoms with Crippen LogP contribution in [-0.4, -0.2) is 49.9 Å². The molecule has 0 spiro atoms. The summed E-state index contributed by atoms with van der Waals surface area (Å²) in [5.41, 5.74) is 4.08. The first-order valence-corrected chi connectivity index (χ1v) is 11.7. The zero-order valence-electron chi connectivity index (χ0n) is 21.7. The average molecular weight is 509 g/mol. The van der Waals surface area contributed by atoms with E-state index in [1.54, 1.807) is 52.0 Å². The lowest BCUT2D eigenvalue weighted by Gasteiger charge is -2.13. The Labute approximate surface area is 216 Å². The smallest absolute Gasteiger partial charge is 0.344 e. The third-order valence-electron chi connectivity index (χ3n) is 5.88. The van der Waals surface area contributed by atoms with Crippen LogP contribution in [0.25, 0.3) is 0 Å². The highest BCUT2D eigenvalue weighted by atomic mass is 16.6. The molecule has 0 amide bonds. The fraction of sp³-hybridized carbons (Fsp3) is 0.310. The van der Waals surface area contributed by atoms with Crippen LogP contribution in [0.2, 0.25) is 0 Å². The molecule has 2 aromatic rings. The molecule has 8 heteroatoms. The molecule has 37 heavy (non-hydrogen) atoms. The van der Waals surface area contributed by atoms with E-state index in [9.17, 15) is 19.2 Å². The number of hydrogen-bond donors (Lipinski definition) is 0. The molecule has 0 saturated carbocycles. The highest BCUT2D eigenvalue weighted by molar-refractivity contribution is 6.06. The van der Waals surface area contributed by atoms with Gasteiger partial charge in [0.05, 0.1) is 13.2 Å². The van der Waals surface area contributed by atoms with Gasteiger partial charge in [0, 0.05) is 17.5 Å². The van der Waals surface area contributed by atoms with Gasteiger partial charge in [0.25, 0.3) is 0 Å². The Balaban J connectivity index is 1.69. The second kappa shape index (κ2) is 13.8. The molecular weight excluding hydrogens is 476 g/mol. The number of carbonyl (C=O) groups excluding carboxylic acids is 4. The Bertz CT molecular complexity index is 1120. The van der Waals surface area contributed by atoms with Crippen molar-refractivity contribution in [3.63, 3.8) is 0 Å². The second-order valence-corrected chi connectivity index (χ2v) is 8.23.